The van der Waals surface area contributed by atoms with Gasteiger partial charge in [0.25, 0.3) is 0 Å². The topological polar surface area (TPSA) is 67.3 Å². The van der Waals surface area contributed by atoms with E-state index in [1.54, 1.807) is 5.38 Å². The number of nitrogens with zero attached hydrogens (tertiary/aromatic N) is 1. The molecule has 1 N–H and O–H groups in total. The molecule has 0 aliphatic rings. The number of carboxylic acids is 1. The average Bonchev–Trinajstić information content (AvgIpc) is 2.95. The summed E-state index contributed by atoms with van der Waals surface area (Å²) < 4.78 is 12.4. The minimum atomic E-state index is -1.24. The summed E-state index contributed by atoms with van der Waals surface area (Å²) in [5.74, 6) is -0.829. The normalized spacial score (nSPS) is 12.4. The molecule has 1 atom stereocenters. The van der Waals surface area contributed by atoms with Crippen LogP contribution in [0.25, 0.3) is 10.8 Å². The Labute approximate surface area is 127 Å². The maximum Gasteiger partial charge on any atom is 0.365 e. The first-order valence-electron chi connectivity index (χ1n) is 6.18. The fourth-order valence-electron chi connectivity index (χ4n) is 2.00. The Morgan fingerprint density at radius 2 is 1.95 bits per heavy atom. The summed E-state index contributed by atoms with van der Waals surface area (Å²) in [4.78, 5) is 15.5. The number of rotatable bonds is 4. The van der Waals surface area contributed by atoms with Gasteiger partial charge in [-0.3, -0.25) is 4.21 Å². The first-order chi connectivity index (χ1) is 10.1. The highest BCUT2D eigenvalue weighted by atomic mass is 32.2. The van der Waals surface area contributed by atoms with Gasteiger partial charge in [0.15, 0.2) is 0 Å². The predicted molar refractivity (Wildman–Crippen MR) is 83.1 cm³/mol. The van der Waals surface area contributed by atoms with Crippen molar-refractivity contribution >= 4 is 38.9 Å². The lowest BCUT2D eigenvalue weighted by Gasteiger charge is -2.03. The van der Waals surface area contributed by atoms with Crippen LogP contribution in [0.4, 0.5) is 0 Å². The van der Waals surface area contributed by atoms with E-state index in [0.29, 0.717) is 5.69 Å². The average molecular weight is 317 g/mol. The van der Waals surface area contributed by atoms with Crippen LogP contribution in [0, 0.1) is 0 Å². The van der Waals surface area contributed by atoms with Crippen molar-refractivity contribution in [2.24, 2.45) is 0 Å². The van der Waals surface area contributed by atoms with Gasteiger partial charge in [0, 0.05) is 10.3 Å². The van der Waals surface area contributed by atoms with Gasteiger partial charge in [-0.15, -0.1) is 11.3 Å². The monoisotopic (exact) mass is 317 g/mol. The van der Waals surface area contributed by atoms with Crippen LogP contribution in [0.2, 0.25) is 0 Å². The molecule has 21 heavy (non-hydrogen) atoms. The number of carbonyl (C=O) groups is 1. The van der Waals surface area contributed by atoms with Crippen molar-refractivity contribution in [2.75, 3.05) is 0 Å². The standard InChI is InChI=1S/C15H11NO3S2/c17-15(18)14-16-12(8-20-14)9-21(19)13-6-5-10-3-1-2-4-11(10)7-13/h1-8H,9H2,(H,17,18). The maximum atomic E-state index is 12.4. The smallest absolute Gasteiger partial charge is 0.365 e. The van der Waals surface area contributed by atoms with E-state index in [1.165, 1.54) is 0 Å². The molecule has 1 heterocycles. The highest BCUT2D eigenvalue weighted by Gasteiger charge is 2.12. The Bertz CT molecular complexity index is 842. The van der Waals surface area contributed by atoms with Crippen molar-refractivity contribution in [3.63, 3.8) is 0 Å². The molecule has 4 nitrogen and oxygen atoms in total. The van der Waals surface area contributed by atoms with Crippen LogP contribution in [0.5, 0.6) is 0 Å². The quantitative estimate of drug-likeness (QED) is 0.801. The van der Waals surface area contributed by atoms with Crippen molar-refractivity contribution in [1.29, 1.82) is 0 Å². The molecule has 0 radical (unpaired) electrons. The Morgan fingerprint density at radius 1 is 1.19 bits per heavy atom. The molecule has 6 heteroatoms. The first-order valence-corrected chi connectivity index (χ1v) is 8.38. The molecule has 0 fully saturated rings. The summed E-state index contributed by atoms with van der Waals surface area (Å²) in [7, 11) is -1.24. The van der Waals surface area contributed by atoms with Crippen molar-refractivity contribution < 1.29 is 14.1 Å². The summed E-state index contributed by atoms with van der Waals surface area (Å²) in [6, 6.07) is 13.5. The molecule has 0 aliphatic carbocycles. The van der Waals surface area contributed by atoms with E-state index in [0.717, 1.165) is 27.0 Å². The summed E-state index contributed by atoms with van der Waals surface area (Å²) in [6.45, 7) is 0. The molecular weight excluding hydrogens is 306 g/mol. The zero-order chi connectivity index (χ0) is 14.8. The molecule has 1 unspecified atom stereocenters. The second-order valence-corrected chi connectivity index (χ2v) is 6.76. The summed E-state index contributed by atoms with van der Waals surface area (Å²) >= 11 is 1.05. The molecule has 0 saturated heterocycles. The third kappa shape index (κ3) is 3.01. The third-order valence-electron chi connectivity index (χ3n) is 3.00. The highest BCUT2D eigenvalue weighted by Crippen LogP contribution is 2.20. The van der Waals surface area contributed by atoms with Gasteiger partial charge in [0.05, 0.1) is 22.2 Å². The van der Waals surface area contributed by atoms with Crippen molar-refractivity contribution in [2.45, 2.75) is 10.6 Å². The Kier molecular flexibility index (Phi) is 3.81. The van der Waals surface area contributed by atoms with Crippen LogP contribution in [-0.2, 0) is 16.6 Å². The lowest BCUT2D eigenvalue weighted by atomic mass is 10.1. The van der Waals surface area contributed by atoms with E-state index >= 15 is 0 Å². The van der Waals surface area contributed by atoms with Gasteiger partial charge in [-0.2, -0.15) is 0 Å². The van der Waals surface area contributed by atoms with Gasteiger partial charge >= 0.3 is 5.97 Å². The van der Waals surface area contributed by atoms with Gasteiger partial charge in [0.2, 0.25) is 5.01 Å². The number of carboxylic acid groups (broad SMARTS) is 1. The molecule has 2 aromatic carbocycles. The number of hydrogen-bond acceptors (Lipinski definition) is 4. The molecule has 1 aromatic heterocycles. The van der Waals surface area contributed by atoms with Gasteiger partial charge in [-0.1, -0.05) is 30.3 Å². The minimum Gasteiger partial charge on any atom is -0.476 e. The number of fused-ring (bicyclic) bond motifs is 1. The molecular formula is C15H11NO3S2. The lowest BCUT2D eigenvalue weighted by molar-refractivity contribution is 0.0696. The SMILES string of the molecule is O=C(O)c1nc(CS(=O)c2ccc3ccccc3c2)cs1. The maximum absolute atomic E-state index is 12.4. The number of hydrogen-bond donors (Lipinski definition) is 1. The Hall–Kier alpha value is -2.05. The Morgan fingerprint density at radius 3 is 2.67 bits per heavy atom. The van der Waals surface area contributed by atoms with E-state index in [2.05, 4.69) is 4.98 Å². The van der Waals surface area contributed by atoms with E-state index < -0.39 is 16.8 Å². The van der Waals surface area contributed by atoms with Crippen LogP contribution in [0.1, 0.15) is 15.5 Å². The van der Waals surface area contributed by atoms with Crippen molar-refractivity contribution in [3.05, 3.63) is 58.5 Å². The molecule has 3 aromatic rings. The van der Waals surface area contributed by atoms with E-state index in [4.69, 9.17) is 5.11 Å². The number of benzene rings is 2. The second kappa shape index (κ2) is 5.75. The summed E-state index contributed by atoms with van der Waals surface area (Å²) in [5, 5.41) is 12.6. The first kappa shape index (κ1) is 13.9. The van der Waals surface area contributed by atoms with E-state index in [9.17, 15) is 9.00 Å². The van der Waals surface area contributed by atoms with E-state index in [1.807, 2.05) is 42.5 Å². The van der Waals surface area contributed by atoms with E-state index in [-0.39, 0.29) is 10.8 Å². The van der Waals surface area contributed by atoms with Crippen LogP contribution in [0.3, 0.4) is 0 Å². The van der Waals surface area contributed by atoms with Gasteiger partial charge in [-0.25, -0.2) is 9.78 Å². The summed E-state index contributed by atoms with van der Waals surface area (Å²) in [5.41, 5.74) is 0.545. The molecule has 0 saturated carbocycles. The second-order valence-electron chi connectivity index (χ2n) is 4.45. The molecule has 106 valence electrons. The number of aromatic carboxylic acids is 1. The zero-order valence-electron chi connectivity index (χ0n) is 10.9. The van der Waals surface area contributed by atoms with Crippen LogP contribution in [-0.4, -0.2) is 20.3 Å². The van der Waals surface area contributed by atoms with Gasteiger partial charge in [-0.05, 0) is 22.9 Å². The number of thiazole rings is 1. The molecule has 0 spiro atoms. The molecule has 3 rings (SSSR count). The fourth-order valence-corrected chi connectivity index (χ4v) is 3.82. The molecule has 0 bridgehead atoms. The van der Waals surface area contributed by atoms with Crippen molar-refractivity contribution in [1.82, 2.24) is 4.98 Å². The largest absolute Gasteiger partial charge is 0.476 e. The van der Waals surface area contributed by atoms with Crippen LogP contribution in [0.15, 0.2) is 52.7 Å². The highest BCUT2D eigenvalue weighted by molar-refractivity contribution is 7.84. The van der Waals surface area contributed by atoms with Crippen LogP contribution < -0.4 is 0 Å². The molecule has 0 aliphatic heterocycles. The molecule has 0 amide bonds. The van der Waals surface area contributed by atoms with Gasteiger partial charge in [0.1, 0.15) is 0 Å². The minimum absolute atomic E-state index is 0.0283. The van der Waals surface area contributed by atoms with Gasteiger partial charge < -0.3 is 5.11 Å². The number of aromatic nitrogens is 1. The zero-order valence-corrected chi connectivity index (χ0v) is 12.5. The fraction of sp³-hybridized carbons (Fsp3) is 0.0667. The summed E-state index contributed by atoms with van der Waals surface area (Å²) in [6.07, 6.45) is 0. The predicted octanol–water partition coefficient (Wildman–Crippen LogP) is 3.30. The third-order valence-corrected chi connectivity index (χ3v) is 5.21. The Balaban J connectivity index is 1.84. The van der Waals surface area contributed by atoms with Crippen LogP contribution >= 0.6 is 11.3 Å². The van der Waals surface area contributed by atoms with Crippen molar-refractivity contribution in [3.8, 4) is 0 Å². The lowest BCUT2D eigenvalue weighted by Crippen LogP contribution is -1.99.